The summed E-state index contributed by atoms with van der Waals surface area (Å²) < 4.78 is 15.2. The highest BCUT2D eigenvalue weighted by molar-refractivity contribution is 5.89. The molecule has 28 heavy (non-hydrogen) atoms. The summed E-state index contributed by atoms with van der Waals surface area (Å²) in [6.45, 7) is 4.77. The highest BCUT2D eigenvalue weighted by Crippen LogP contribution is 2.16. The number of carbonyl (C=O) groups is 2. The molecule has 1 aromatic carbocycles. The number of nitrogens with zero attached hydrogens (tertiary/aromatic N) is 3. The summed E-state index contributed by atoms with van der Waals surface area (Å²) in [5.74, 6) is -0.0903. The Kier molecular flexibility index (Phi) is 6.59. The van der Waals surface area contributed by atoms with Gasteiger partial charge in [0.2, 0.25) is 5.82 Å². The minimum Gasteiger partial charge on any atom is -0.485 e. The third-order valence-corrected chi connectivity index (χ3v) is 4.71. The van der Waals surface area contributed by atoms with Gasteiger partial charge in [-0.15, -0.1) is 0 Å². The Morgan fingerprint density at radius 2 is 2.11 bits per heavy atom. The number of benzene rings is 1. The Bertz CT molecular complexity index is 805. The number of hydrogen-bond donors (Lipinski definition) is 1. The van der Waals surface area contributed by atoms with Crippen molar-refractivity contribution in [3.05, 3.63) is 41.5 Å². The second kappa shape index (κ2) is 9.32. The molecule has 9 heteroatoms. The van der Waals surface area contributed by atoms with Crippen molar-refractivity contribution in [2.45, 2.75) is 32.4 Å². The molecule has 1 fully saturated rings. The van der Waals surface area contributed by atoms with Gasteiger partial charge < -0.3 is 19.3 Å². The quantitative estimate of drug-likeness (QED) is 0.681. The number of methoxy groups -OCH3 is 1. The van der Waals surface area contributed by atoms with Crippen molar-refractivity contribution >= 4 is 11.9 Å². The number of esters is 1. The Balaban J connectivity index is 1.48. The van der Waals surface area contributed by atoms with Crippen LogP contribution in [0.25, 0.3) is 0 Å². The summed E-state index contributed by atoms with van der Waals surface area (Å²) in [4.78, 5) is 30.0. The lowest BCUT2D eigenvalue weighted by molar-refractivity contribution is 0.0600. The van der Waals surface area contributed by atoms with E-state index in [9.17, 15) is 9.59 Å². The first-order valence-electron chi connectivity index (χ1n) is 9.26. The maximum absolute atomic E-state index is 12.2. The normalized spacial score (nSPS) is 16.7. The molecule has 9 nitrogen and oxygen atoms in total. The van der Waals surface area contributed by atoms with Gasteiger partial charge in [0, 0.05) is 12.6 Å². The first-order valence-corrected chi connectivity index (χ1v) is 9.26. The van der Waals surface area contributed by atoms with Crippen molar-refractivity contribution in [1.82, 2.24) is 20.4 Å². The van der Waals surface area contributed by atoms with Crippen LogP contribution in [0.2, 0.25) is 0 Å². The average molecular weight is 388 g/mol. The first-order chi connectivity index (χ1) is 13.6. The monoisotopic (exact) mass is 388 g/mol. The molecule has 0 bridgehead atoms. The maximum Gasteiger partial charge on any atom is 0.337 e. The van der Waals surface area contributed by atoms with E-state index in [1.165, 1.54) is 7.11 Å². The second-order valence-corrected chi connectivity index (χ2v) is 6.46. The van der Waals surface area contributed by atoms with Gasteiger partial charge >= 0.3 is 17.8 Å². The summed E-state index contributed by atoms with van der Waals surface area (Å²) in [6.07, 6.45) is 2.23. The lowest BCUT2D eigenvalue weighted by atomic mass is 10.2. The molecule has 0 aliphatic carbocycles. The molecule has 1 aromatic heterocycles. The molecule has 0 unspecified atom stereocenters. The van der Waals surface area contributed by atoms with E-state index in [1.54, 1.807) is 24.3 Å². The molecule has 150 valence electrons. The van der Waals surface area contributed by atoms with Crippen LogP contribution in [-0.2, 0) is 11.3 Å². The number of rotatable bonds is 8. The van der Waals surface area contributed by atoms with Crippen molar-refractivity contribution in [2.24, 2.45) is 0 Å². The molecule has 2 aromatic rings. The zero-order chi connectivity index (χ0) is 19.9. The molecular weight excluding hydrogens is 364 g/mol. The number of hydrogen-bond acceptors (Lipinski definition) is 8. The molecule has 1 aliphatic rings. The summed E-state index contributed by atoms with van der Waals surface area (Å²) >= 11 is 0. The molecule has 3 rings (SSSR count). The molecule has 2 heterocycles. The molecule has 1 atom stereocenters. The van der Waals surface area contributed by atoms with Gasteiger partial charge in [0.25, 0.3) is 0 Å². The van der Waals surface area contributed by atoms with Crippen molar-refractivity contribution in [1.29, 1.82) is 0 Å². The minimum absolute atomic E-state index is 0.0423. The van der Waals surface area contributed by atoms with Gasteiger partial charge in [-0.3, -0.25) is 9.69 Å². The van der Waals surface area contributed by atoms with Crippen LogP contribution >= 0.6 is 0 Å². The lowest BCUT2D eigenvalue weighted by Crippen LogP contribution is -2.40. The van der Waals surface area contributed by atoms with E-state index in [2.05, 4.69) is 32.0 Å². The third-order valence-electron chi connectivity index (χ3n) is 4.71. The number of likely N-dealkylation sites (tertiary alicyclic amines) is 1. The number of amides is 1. The number of nitrogens with one attached hydrogen (secondary N) is 1. The van der Waals surface area contributed by atoms with E-state index in [4.69, 9.17) is 9.26 Å². The molecule has 0 radical (unpaired) electrons. The fourth-order valence-corrected chi connectivity index (χ4v) is 3.19. The topological polar surface area (TPSA) is 107 Å². The van der Waals surface area contributed by atoms with E-state index < -0.39 is 5.97 Å². The zero-order valence-electron chi connectivity index (χ0n) is 16.0. The largest absolute Gasteiger partial charge is 0.485 e. The van der Waals surface area contributed by atoms with Gasteiger partial charge in [0.15, 0.2) is 6.61 Å². The van der Waals surface area contributed by atoms with Gasteiger partial charge in [0.1, 0.15) is 5.75 Å². The van der Waals surface area contributed by atoms with Gasteiger partial charge in [-0.25, -0.2) is 4.79 Å². The van der Waals surface area contributed by atoms with Crippen LogP contribution < -0.4 is 10.1 Å². The lowest BCUT2D eigenvalue weighted by Gasteiger charge is -2.22. The Morgan fingerprint density at radius 3 is 2.82 bits per heavy atom. The second-order valence-electron chi connectivity index (χ2n) is 6.46. The van der Waals surface area contributed by atoms with Crippen LogP contribution in [0.15, 0.2) is 28.8 Å². The average Bonchev–Trinajstić information content (AvgIpc) is 3.39. The minimum atomic E-state index is -0.417. The van der Waals surface area contributed by atoms with Crippen LogP contribution in [0.5, 0.6) is 5.75 Å². The molecule has 1 aliphatic heterocycles. The van der Waals surface area contributed by atoms with Crippen molar-refractivity contribution in [3.63, 3.8) is 0 Å². The number of carbonyl (C=O) groups excluding carboxylic acids is 2. The van der Waals surface area contributed by atoms with Gasteiger partial charge in [-0.1, -0.05) is 12.1 Å². The molecule has 1 amide bonds. The number of ether oxygens (including phenoxy) is 2. The van der Waals surface area contributed by atoms with Gasteiger partial charge in [-0.05, 0) is 50.2 Å². The summed E-state index contributed by atoms with van der Waals surface area (Å²) in [6, 6.07) is 6.83. The van der Waals surface area contributed by atoms with E-state index >= 15 is 0 Å². The number of aromatic nitrogens is 2. The van der Waals surface area contributed by atoms with Crippen molar-refractivity contribution in [3.8, 4) is 5.75 Å². The Hall–Kier alpha value is -2.94. The predicted molar refractivity (Wildman–Crippen MR) is 99.0 cm³/mol. The van der Waals surface area contributed by atoms with E-state index in [0.29, 0.717) is 23.9 Å². The summed E-state index contributed by atoms with van der Waals surface area (Å²) in [7, 11) is 1.32. The fourth-order valence-electron chi connectivity index (χ4n) is 3.19. The van der Waals surface area contributed by atoms with Crippen molar-refractivity contribution in [2.75, 3.05) is 26.7 Å². The van der Waals surface area contributed by atoms with E-state index in [1.807, 2.05) is 0 Å². The van der Waals surface area contributed by atoms with E-state index in [0.717, 1.165) is 25.9 Å². The van der Waals surface area contributed by atoms with Crippen LogP contribution in [0.1, 0.15) is 46.6 Å². The first kappa shape index (κ1) is 19.8. The van der Waals surface area contributed by atoms with E-state index in [-0.39, 0.29) is 24.2 Å². The van der Waals surface area contributed by atoms with Crippen molar-refractivity contribution < 1.29 is 23.6 Å². The van der Waals surface area contributed by atoms with Crippen LogP contribution in [0.3, 0.4) is 0 Å². The molecule has 0 spiro atoms. The highest BCUT2D eigenvalue weighted by atomic mass is 16.5. The predicted octanol–water partition coefficient (Wildman–Crippen LogP) is 1.65. The third kappa shape index (κ3) is 4.86. The SMILES string of the molecule is CCN1CCC[C@H]1CNC(=O)c1nc(COc2ccc(C(=O)OC)cc2)no1. The fraction of sp³-hybridized carbons (Fsp3) is 0.474. The molecule has 0 saturated carbocycles. The smallest absolute Gasteiger partial charge is 0.337 e. The Labute approximate surface area is 163 Å². The Morgan fingerprint density at radius 1 is 1.32 bits per heavy atom. The summed E-state index contributed by atoms with van der Waals surface area (Å²) in [5, 5.41) is 6.62. The highest BCUT2D eigenvalue weighted by Gasteiger charge is 2.24. The maximum atomic E-state index is 12.2. The van der Waals surface area contributed by atoms with Crippen LogP contribution in [0, 0.1) is 0 Å². The zero-order valence-corrected chi connectivity index (χ0v) is 16.0. The molecule has 1 N–H and O–H groups in total. The van der Waals surface area contributed by atoms with Crippen LogP contribution in [-0.4, -0.2) is 59.7 Å². The van der Waals surface area contributed by atoms with Gasteiger partial charge in [-0.2, -0.15) is 4.98 Å². The summed E-state index contributed by atoms with van der Waals surface area (Å²) in [5.41, 5.74) is 0.428. The molecule has 1 saturated heterocycles. The van der Waals surface area contributed by atoms with Crippen LogP contribution in [0.4, 0.5) is 0 Å². The van der Waals surface area contributed by atoms with Gasteiger partial charge in [0.05, 0.1) is 12.7 Å². The standard InChI is InChI=1S/C19H24N4O5/c1-3-23-10-4-5-14(23)11-20-17(24)18-21-16(22-28-18)12-27-15-8-6-13(7-9-15)19(25)26-2/h6-9,14H,3-5,10-12H2,1-2H3,(H,20,24)/t14-/m0/s1. The molecular formula is C19H24N4O5. The number of likely N-dealkylation sites (N-methyl/N-ethyl adjacent to an activating group) is 1.